The summed E-state index contributed by atoms with van der Waals surface area (Å²) in [5.41, 5.74) is -2.08. The maximum Gasteiger partial charge on any atom is 0.133 e. The standard InChI is InChI=1S/C15H13ClF2O2/c1-15(19,10-7-6-9(16)8-12(10)18)14-11(17)4-3-5-13(14)20-2/h3-8,19H,1-2H3. The SMILES string of the molecule is COc1cccc(F)c1C(C)(O)c1ccc(Cl)cc1F. The van der Waals surface area contributed by atoms with E-state index < -0.39 is 17.2 Å². The predicted molar refractivity (Wildman–Crippen MR) is 73.0 cm³/mol. The monoisotopic (exact) mass is 298 g/mol. The molecule has 20 heavy (non-hydrogen) atoms. The summed E-state index contributed by atoms with van der Waals surface area (Å²) in [7, 11) is 1.35. The molecule has 1 atom stereocenters. The molecule has 2 rings (SSSR count). The first kappa shape index (κ1) is 14.8. The maximum absolute atomic E-state index is 14.0. The van der Waals surface area contributed by atoms with Crippen LogP contribution in [0.3, 0.4) is 0 Å². The van der Waals surface area contributed by atoms with Crippen molar-refractivity contribution < 1.29 is 18.6 Å². The molecule has 2 nitrogen and oxygen atoms in total. The molecule has 0 heterocycles. The van der Waals surface area contributed by atoms with E-state index in [-0.39, 0.29) is 21.9 Å². The largest absolute Gasteiger partial charge is 0.496 e. The van der Waals surface area contributed by atoms with E-state index in [9.17, 15) is 13.9 Å². The molecule has 2 aromatic rings. The Morgan fingerprint density at radius 1 is 1.15 bits per heavy atom. The molecule has 0 aliphatic rings. The van der Waals surface area contributed by atoms with Gasteiger partial charge in [0.15, 0.2) is 0 Å². The Hall–Kier alpha value is -1.65. The fourth-order valence-electron chi connectivity index (χ4n) is 2.17. The molecule has 0 radical (unpaired) electrons. The zero-order chi connectivity index (χ0) is 14.9. The molecule has 0 fully saturated rings. The van der Waals surface area contributed by atoms with Gasteiger partial charge in [0.1, 0.15) is 23.0 Å². The van der Waals surface area contributed by atoms with E-state index in [1.165, 1.54) is 44.4 Å². The molecule has 1 unspecified atom stereocenters. The zero-order valence-electron chi connectivity index (χ0n) is 11.0. The number of ether oxygens (including phenoxy) is 1. The van der Waals surface area contributed by atoms with Crippen molar-refractivity contribution >= 4 is 11.6 Å². The van der Waals surface area contributed by atoms with Gasteiger partial charge in [0.05, 0.1) is 12.7 Å². The molecule has 5 heteroatoms. The number of halogens is 3. The lowest BCUT2D eigenvalue weighted by Crippen LogP contribution is -2.26. The summed E-state index contributed by atoms with van der Waals surface area (Å²) < 4.78 is 33.1. The highest BCUT2D eigenvalue weighted by molar-refractivity contribution is 6.30. The average molecular weight is 299 g/mol. The third-order valence-electron chi connectivity index (χ3n) is 3.14. The van der Waals surface area contributed by atoms with E-state index >= 15 is 0 Å². The highest BCUT2D eigenvalue weighted by Crippen LogP contribution is 2.38. The van der Waals surface area contributed by atoms with E-state index in [4.69, 9.17) is 16.3 Å². The molecule has 1 N–H and O–H groups in total. The molecule has 106 valence electrons. The number of hydrogen-bond acceptors (Lipinski definition) is 2. The highest BCUT2D eigenvalue weighted by atomic mass is 35.5. The van der Waals surface area contributed by atoms with Crippen molar-refractivity contribution in [1.82, 2.24) is 0 Å². The Morgan fingerprint density at radius 3 is 2.45 bits per heavy atom. The van der Waals surface area contributed by atoms with Crippen LogP contribution >= 0.6 is 11.6 Å². The minimum atomic E-state index is -1.88. The molecule has 0 aliphatic heterocycles. The summed E-state index contributed by atoms with van der Waals surface area (Å²) in [6.07, 6.45) is 0. The van der Waals surface area contributed by atoms with Crippen molar-refractivity contribution in [2.45, 2.75) is 12.5 Å². The fraction of sp³-hybridized carbons (Fsp3) is 0.200. The second-order valence-electron chi connectivity index (χ2n) is 4.51. The average Bonchev–Trinajstić information content (AvgIpc) is 2.37. The van der Waals surface area contributed by atoms with Crippen molar-refractivity contribution in [3.8, 4) is 5.75 Å². The van der Waals surface area contributed by atoms with Crippen LogP contribution in [-0.2, 0) is 5.60 Å². The van der Waals surface area contributed by atoms with E-state index in [1.54, 1.807) is 0 Å². The predicted octanol–water partition coefficient (Wildman–Crippen LogP) is 3.88. The Morgan fingerprint density at radius 2 is 1.85 bits per heavy atom. The second kappa shape index (κ2) is 5.38. The molecule has 0 saturated heterocycles. The van der Waals surface area contributed by atoms with Crippen LogP contribution in [0.15, 0.2) is 36.4 Å². The lowest BCUT2D eigenvalue weighted by molar-refractivity contribution is 0.0904. The van der Waals surface area contributed by atoms with Crippen molar-refractivity contribution in [2.75, 3.05) is 7.11 Å². The van der Waals surface area contributed by atoms with Gasteiger partial charge in [0, 0.05) is 10.6 Å². The number of aliphatic hydroxyl groups is 1. The summed E-state index contributed by atoms with van der Waals surface area (Å²) in [6, 6.07) is 7.96. The summed E-state index contributed by atoms with van der Waals surface area (Å²) in [6.45, 7) is 1.31. The summed E-state index contributed by atoms with van der Waals surface area (Å²) in [5.74, 6) is -1.25. The van der Waals surface area contributed by atoms with Gasteiger partial charge in [-0.15, -0.1) is 0 Å². The first-order valence-corrected chi connectivity index (χ1v) is 6.26. The van der Waals surface area contributed by atoms with Gasteiger partial charge in [-0.1, -0.05) is 23.7 Å². The molecule has 0 aromatic heterocycles. The van der Waals surface area contributed by atoms with Gasteiger partial charge in [-0.25, -0.2) is 8.78 Å². The molecule has 0 spiro atoms. The smallest absolute Gasteiger partial charge is 0.133 e. The number of rotatable bonds is 3. The van der Waals surface area contributed by atoms with E-state index in [1.807, 2.05) is 0 Å². The number of hydrogen-bond donors (Lipinski definition) is 1. The van der Waals surface area contributed by atoms with Gasteiger partial charge in [0.25, 0.3) is 0 Å². The van der Waals surface area contributed by atoms with Gasteiger partial charge >= 0.3 is 0 Å². The fourth-order valence-corrected chi connectivity index (χ4v) is 2.32. The van der Waals surface area contributed by atoms with Gasteiger partial charge in [-0.2, -0.15) is 0 Å². The molecule has 0 saturated carbocycles. The first-order valence-electron chi connectivity index (χ1n) is 5.88. The molecule has 2 aromatic carbocycles. The molecule has 0 aliphatic carbocycles. The van der Waals surface area contributed by atoms with E-state index in [0.717, 1.165) is 6.07 Å². The summed E-state index contributed by atoms with van der Waals surface area (Å²) >= 11 is 5.68. The normalized spacial score (nSPS) is 13.9. The molecule has 0 amide bonds. The zero-order valence-corrected chi connectivity index (χ0v) is 11.7. The molecular formula is C15H13ClF2O2. The Labute approximate surface area is 120 Å². The van der Waals surface area contributed by atoms with E-state index in [2.05, 4.69) is 0 Å². The van der Waals surface area contributed by atoms with Crippen LogP contribution in [0.4, 0.5) is 8.78 Å². The quantitative estimate of drug-likeness (QED) is 0.932. The van der Waals surface area contributed by atoms with Crippen LogP contribution in [0.5, 0.6) is 5.75 Å². The van der Waals surface area contributed by atoms with E-state index in [0.29, 0.717) is 0 Å². The van der Waals surface area contributed by atoms with Gasteiger partial charge in [-0.05, 0) is 31.2 Å². The van der Waals surface area contributed by atoms with Crippen LogP contribution in [0.25, 0.3) is 0 Å². The van der Waals surface area contributed by atoms with Crippen molar-refractivity contribution in [1.29, 1.82) is 0 Å². The van der Waals surface area contributed by atoms with Gasteiger partial charge in [-0.3, -0.25) is 0 Å². The van der Waals surface area contributed by atoms with Gasteiger partial charge in [0.2, 0.25) is 0 Å². The minimum absolute atomic E-state index is 0.0784. The van der Waals surface area contributed by atoms with Crippen LogP contribution in [-0.4, -0.2) is 12.2 Å². The Balaban J connectivity index is 2.66. The minimum Gasteiger partial charge on any atom is -0.496 e. The van der Waals surface area contributed by atoms with Gasteiger partial charge < -0.3 is 9.84 Å². The van der Waals surface area contributed by atoms with Crippen molar-refractivity contribution in [3.63, 3.8) is 0 Å². The first-order chi connectivity index (χ1) is 9.37. The molecular weight excluding hydrogens is 286 g/mol. The lowest BCUT2D eigenvalue weighted by Gasteiger charge is -2.27. The second-order valence-corrected chi connectivity index (χ2v) is 4.95. The summed E-state index contributed by atoms with van der Waals surface area (Å²) in [5, 5.41) is 10.8. The third kappa shape index (κ3) is 2.49. The topological polar surface area (TPSA) is 29.5 Å². The number of methoxy groups -OCH3 is 1. The Kier molecular flexibility index (Phi) is 3.97. The maximum atomic E-state index is 14.0. The van der Waals surface area contributed by atoms with Crippen molar-refractivity contribution in [3.05, 3.63) is 64.2 Å². The third-order valence-corrected chi connectivity index (χ3v) is 3.37. The number of benzene rings is 2. The van der Waals surface area contributed by atoms with Crippen LogP contribution in [0.2, 0.25) is 5.02 Å². The van der Waals surface area contributed by atoms with Crippen molar-refractivity contribution in [2.24, 2.45) is 0 Å². The lowest BCUT2D eigenvalue weighted by atomic mass is 9.87. The molecule has 0 bridgehead atoms. The summed E-state index contributed by atoms with van der Waals surface area (Å²) in [4.78, 5) is 0. The van der Waals surface area contributed by atoms with Crippen LogP contribution in [0.1, 0.15) is 18.1 Å². The highest BCUT2D eigenvalue weighted by Gasteiger charge is 2.34. The Bertz CT molecular complexity index is 642. The van der Waals surface area contributed by atoms with Crippen LogP contribution in [0, 0.1) is 11.6 Å². The van der Waals surface area contributed by atoms with Crippen LogP contribution < -0.4 is 4.74 Å².